The van der Waals surface area contributed by atoms with Crippen molar-refractivity contribution in [2.24, 2.45) is 0 Å². The summed E-state index contributed by atoms with van der Waals surface area (Å²) in [4.78, 5) is 28.7. The van der Waals surface area contributed by atoms with Crippen LogP contribution in [-0.2, 0) is 9.47 Å². The maximum Gasteiger partial charge on any atom is 0.412 e. The van der Waals surface area contributed by atoms with Crippen molar-refractivity contribution in [3.63, 3.8) is 0 Å². The van der Waals surface area contributed by atoms with Gasteiger partial charge in [0.15, 0.2) is 11.6 Å². The number of para-hydroxylation sites is 1. The maximum atomic E-state index is 12.2. The molecule has 0 saturated carbocycles. The Balaban J connectivity index is 2.19. The molecule has 1 amide bonds. The van der Waals surface area contributed by atoms with E-state index in [0.717, 1.165) is 22.0 Å². The second kappa shape index (κ2) is 7.45. The fourth-order valence-corrected chi connectivity index (χ4v) is 2.80. The number of aryl methyl sites for hydroxylation is 2. The molecule has 0 fully saturated rings. The molecular weight excluding hydrogens is 348 g/mol. The number of fused-ring (bicyclic) bond motifs is 1. The Bertz CT molecular complexity index is 1030. The van der Waals surface area contributed by atoms with Crippen molar-refractivity contribution in [2.45, 2.75) is 20.8 Å². The number of rotatable bonds is 4. The van der Waals surface area contributed by atoms with Crippen molar-refractivity contribution in [1.82, 2.24) is 14.8 Å². The van der Waals surface area contributed by atoms with Gasteiger partial charge in [0.1, 0.15) is 5.56 Å². The zero-order chi connectivity index (χ0) is 19.6. The van der Waals surface area contributed by atoms with Gasteiger partial charge >= 0.3 is 12.1 Å². The standard InChI is InChI=1S/C19H20N4O4/c1-5-27-18(24)14-10-20-23(17(14)22-19(25)26-4)15-9-12(3)13-8-6-7-11(2)16(13)21-15/h6-10H,5H2,1-4H3,(H,22,25). The van der Waals surface area contributed by atoms with Crippen LogP contribution in [0.15, 0.2) is 30.5 Å². The number of nitrogens with one attached hydrogen (secondary N) is 1. The number of hydrogen-bond acceptors (Lipinski definition) is 6. The van der Waals surface area contributed by atoms with Crippen LogP contribution >= 0.6 is 0 Å². The van der Waals surface area contributed by atoms with Gasteiger partial charge in [-0.1, -0.05) is 18.2 Å². The smallest absolute Gasteiger partial charge is 0.412 e. The van der Waals surface area contributed by atoms with Crippen LogP contribution in [0.4, 0.5) is 10.6 Å². The van der Waals surface area contributed by atoms with Gasteiger partial charge in [-0.05, 0) is 38.0 Å². The molecule has 3 aromatic rings. The van der Waals surface area contributed by atoms with Gasteiger partial charge in [-0.2, -0.15) is 9.78 Å². The van der Waals surface area contributed by atoms with Crippen molar-refractivity contribution >= 4 is 28.8 Å². The second-order valence-electron chi connectivity index (χ2n) is 5.92. The molecule has 27 heavy (non-hydrogen) atoms. The molecule has 0 radical (unpaired) electrons. The van der Waals surface area contributed by atoms with Crippen LogP contribution < -0.4 is 5.32 Å². The van der Waals surface area contributed by atoms with Gasteiger partial charge in [0, 0.05) is 5.39 Å². The summed E-state index contributed by atoms with van der Waals surface area (Å²) in [6.07, 6.45) is 0.610. The van der Waals surface area contributed by atoms with Gasteiger partial charge in [-0.25, -0.2) is 14.6 Å². The fraction of sp³-hybridized carbons (Fsp3) is 0.263. The molecule has 140 valence electrons. The predicted molar refractivity (Wildman–Crippen MR) is 100 cm³/mol. The summed E-state index contributed by atoms with van der Waals surface area (Å²) in [6.45, 7) is 5.84. The third-order valence-corrected chi connectivity index (χ3v) is 4.12. The first-order chi connectivity index (χ1) is 13.0. The minimum absolute atomic E-state index is 0.117. The van der Waals surface area contributed by atoms with Gasteiger partial charge in [0.25, 0.3) is 0 Å². The van der Waals surface area contributed by atoms with Crippen LogP contribution in [-0.4, -0.2) is 40.5 Å². The largest absolute Gasteiger partial charge is 0.462 e. The molecule has 0 spiro atoms. The molecule has 8 heteroatoms. The minimum Gasteiger partial charge on any atom is -0.462 e. The Kier molecular flexibility index (Phi) is 5.07. The molecule has 8 nitrogen and oxygen atoms in total. The summed E-state index contributed by atoms with van der Waals surface area (Å²) >= 11 is 0. The summed E-state index contributed by atoms with van der Waals surface area (Å²) in [5, 5.41) is 7.79. The fourth-order valence-electron chi connectivity index (χ4n) is 2.80. The molecule has 2 heterocycles. The molecule has 0 unspecified atom stereocenters. The Morgan fingerprint density at radius 3 is 2.70 bits per heavy atom. The van der Waals surface area contributed by atoms with Crippen molar-refractivity contribution < 1.29 is 19.1 Å². The highest BCUT2D eigenvalue weighted by molar-refractivity contribution is 5.99. The van der Waals surface area contributed by atoms with Crippen molar-refractivity contribution in [2.75, 3.05) is 19.0 Å². The Hall–Kier alpha value is -3.42. The number of amides is 1. The van der Waals surface area contributed by atoms with E-state index in [4.69, 9.17) is 4.74 Å². The van der Waals surface area contributed by atoms with Gasteiger partial charge in [0.2, 0.25) is 0 Å². The maximum absolute atomic E-state index is 12.2. The van der Waals surface area contributed by atoms with Crippen LogP contribution in [0, 0.1) is 13.8 Å². The van der Waals surface area contributed by atoms with E-state index in [1.165, 1.54) is 18.0 Å². The Labute approximate surface area is 156 Å². The van der Waals surface area contributed by atoms with E-state index in [1.54, 1.807) is 6.92 Å². The number of hydrogen-bond donors (Lipinski definition) is 1. The number of esters is 1. The summed E-state index contributed by atoms with van der Waals surface area (Å²) in [6, 6.07) is 7.78. The second-order valence-corrected chi connectivity index (χ2v) is 5.92. The molecule has 0 aliphatic heterocycles. The van der Waals surface area contributed by atoms with Crippen molar-refractivity contribution in [3.8, 4) is 5.82 Å². The molecule has 0 atom stereocenters. The molecule has 3 rings (SSSR count). The third kappa shape index (κ3) is 3.46. The highest BCUT2D eigenvalue weighted by Gasteiger charge is 2.22. The number of anilines is 1. The van der Waals surface area contributed by atoms with Gasteiger partial charge < -0.3 is 9.47 Å². The molecule has 0 saturated heterocycles. The topological polar surface area (TPSA) is 95.3 Å². The van der Waals surface area contributed by atoms with Crippen molar-refractivity contribution in [3.05, 3.63) is 47.2 Å². The average Bonchev–Trinajstić information content (AvgIpc) is 3.06. The molecule has 1 N–H and O–H groups in total. The van der Waals surface area contributed by atoms with E-state index in [9.17, 15) is 9.59 Å². The lowest BCUT2D eigenvalue weighted by Gasteiger charge is -2.12. The van der Waals surface area contributed by atoms with E-state index in [0.29, 0.717) is 5.82 Å². The number of nitrogens with zero attached hydrogens (tertiary/aromatic N) is 3. The normalized spacial score (nSPS) is 10.7. The highest BCUT2D eigenvalue weighted by Crippen LogP contribution is 2.26. The molecule has 1 aromatic carbocycles. The number of carbonyl (C=O) groups excluding carboxylic acids is 2. The van der Waals surface area contributed by atoms with E-state index < -0.39 is 12.1 Å². The van der Waals surface area contributed by atoms with Crippen LogP contribution in [0.5, 0.6) is 0 Å². The van der Waals surface area contributed by atoms with Gasteiger partial charge in [0.05, 0.1) is 25.4 Å². The van der Waals surface area contributed by atoms with Crippen LogP contribution in [0.3, 0.4) is 0 Å². The number of ether oxygens (including phenoxy) is 2. The zero-order valence-electron chi connectivity index (χ0n) is 15.6. The first-order valence-corrected chi connectivity index (χ1v) is 8.43. The molecule has 0 aliphatic rings. The van der Waals surface area contributed by atoms with Crippen LogP contribution in [0.1, 0.15) is 28.4 Å². The molecule has 0 aliphatic carbocycles. The number of benzene rings is 1. The summed E-state index contributed by atoms with van der Waals surface area (Å²) in [5.74, 6) is 0.0141. The molecule has 0 bridgehead atoms. The first-order valence-electron chi connectivity index (χ1n) is 8.43. The summed E-state index contributed by atoms with van der Waals surface area (Å²) in [7, 11) is 1.24. The Morgan fingerprint density at radius 1 is 1.22 bits per heavy atom. The highest BCUT2D eigenvalue weighted by atomic mass is 16.5. The zero-order valence-corrected chi connectivity index (χ0v) is 15.6. The first kappa shape index (κ1) is 18.4. The van der Waals surface area contributed by atoms with Crippen LogP contribution in [0.25, 0.3) is 16.7 Å². The average molecular weight is 368 g/mol. The van der Waals surface area contributed by atoms with E-state index in [-0.39, 0.29) is 18.0 Å². The van der Waals surface area contributed by atoms with E-state index >= 15 is 0 Å². The molecule has 2 aromatic heterocycles. The Morgan fingerprint density at radius 2 is 2.00 bits per heavy atom. The van der Waals surface area contributed by atoms with Crippen molar-refractivity contribution in [1.29, 1.82) is 0 Å². The monoisotopic (exact) mass is 368 g/mol. The number of methoxy groups -OCH3 is 1. The number of carbonyl (C=O) groups is 2. The predicted octanol–water partition coefficient (Wildman–Crippen LogP) is 3.39. The minimum atomic E-state index is -0.726. The molecular formula is C19H20N4O4. The van der Waals surface area contributed by atoms with E-state index in [2.05, 4.69) is 20.1 Å². The number of aromatic nitrogens is 3. The van der Waals surface area contributed by atoms with Gasteiger partial charge in [-0.15, -0.1) is 0 Å². The summed E-state index contributed by atoms with van der Waals surface area (Å²) < 4.78 is 11.1. The third-order valence-electron chi connectivity index (χ3n) is 4.12. The van der Waals surface area contributed by atoms with Crippen LogP contribution in [0.2, 0.25) is 0 Å². The quantitative estimate of drug-likeness (QED) is 0.709. The lowest BCUT2D eigenvalue weighted by molar-refractivity contribution is 0.0527. The van der Waals surface area contributed by atoms with E-state index in [1.807, 2.05) is 38.1 Å². The lowest BCUT2D eigenvalue weighted by atomic mass is 10.1. The SMILES string of the molecule is CCOC(=O)c1cnn(-c2cc(C)c3cccc(C)c3n2)c1NC(=O)OC. The number of pyridine rings is 1. The lowest BCUT2D eigenvalue weighted by Crippen LogP contribution is -2.18. The summed E-state index contributed by atoms with van der Waals surface area (Å²) in [5.41, 5.74) is 2.95. The van der Waals surface area contributed by atoms with Gasteiger partial charge in [-0.3, -0.25) is 5.32 Å².